The summed E-state index contributed by atoms with van der Waals surface area (Å²) in [5.74, 6) is 0. The van der Waals surface area contributed by atoms with Gasteiger partial charge in [-0.15, -0.1) is 11.3 Å². The van der Waals surface area contributed by atoms with Gasteiger partial charge in [0.15, 0.2) is 0 Å². The number of hydrogen-bond acceptors (Lipinski definition) is 2. The molecule has 0 aliphatic carbocycles. The SMILES string of the molecule is [2H]C([2H])([2H])c1nc(C([2H])([2H])C([2H])([2H])[2H])sc1Br. The number of hydrogen-bond donors (Lipinski definition) is 0. The van der Waals surface area contributed by atoms with Crippen LogP contribution in [0, 0.1) is 6.85 Å². The van der Waals surface area contributed by atoms with E-state index in [9.17, 15) is 0 Å². The van der Waals surface area contributed by atoms with Gasteiger partial charge in [-0.3, -0.25) is 0 Å². The molecule has 0 saturated heterocycles. The summed E-state index contributed by atoms with van der Waals surface area (Å²) in [6.45, 7) is -5.39. The molecule has 1 nitrogen and oxygen atoms in total. The van der Waals surface area contributed by atoms with Gasteiger partial charge in [-0.1, -0.05) is 6.85 Å². The molecule has 0 radical (unpaired) electrons. The first-order valence-corrected chi connectivity index (χ1v) is 3.65. The lowest BCUT2D eigenvalue weighted by molar-refractivity contribution is 1.06. The Morgan fingerprint density at radius 1 is 2.00 bits per heavy atom. The number of nitrogens with zero attached hydrogens (tertiary/aromatic N) is 1. The molecule has 3 heteroatoms. The second kappa shape index (κ2) is 2.80. The van der Waals surface area contributed by atoms with Crippen molar-refractivity contribution in [3.05, 3.63) is 14.5 Å². The Hall–Kier alpha value is 0.110. The van der Waals surface area contributed by atoms with Crippen LogP contribution in [0.25, 0.3) is 0 Å². The second-order valence-corrected chi connectivity index (χ2v) is 3.58. The van der Waals surface area contributed by atoms with Crippen molar-refractivity contribution in [2.24, 2.45) is 0 Å². The lowest BCUT2D eigenvalue weighted by Gasteiger charge is -1.79. The fourth-order valence-electron chi connectivity index (χ4n) is 0.355. The van der Waals surface area contributed by atoms with Crippen LogP contribution in [0.4, 0.5) is 0 Å². The maximum atomic E-state index is 7.48. The summed E-state index contributed by atoms with van der Waals surface area (Å²) in [6, 6.07) is 0. The first-order valence-electron chi connectivity index (χ1n) is 6.04. The van der Waals surface area contributed by atoms with Crippen LogP contribution in [0.15, 0.2) is 3.79 Å². The van der Waals surface area contributed by atoms with Crippen LogP contribution in [0.2, 0.25) is 0 Å². The van der Waals surface area contributed by atoms with Gasteiger partial charge in [-0.2, -0.15) is 0 Å². The van der Waals surface area contributed by atoms with E-state index in [-0.39, 0.29) is 14.5 Å². The molecule has 0 fully saturated rings. The maximum absolute atomic E-state index is 7.48. The third kappa shape index (κ3) is 1.52. The molecule has 0 unspecified atom stereocenters. The van der Waals surface area contributed by atoms with E-state index in [0.29, 0.717) is 11.3 Å². The molecule has 0 aliphatic heterocycles. The van der Waals surface area contributed by atoms with Gasteiger partial charge in [0.1, 0.15) is 0 Å². The average Bonchev–Trinajstić information content (AvgIpc) is 2.44. The molecule has 0 N–H and O–H groups in total. The van der Waals surface area contributed by atoms with Gasteiger partial charge in [0.25, 0.3) is 0 Å². The highest BCUT2D eigenvalue weighted by Crippen LogP contribution is 2.23. The van der Waals surface area contributed by atoms with Gasteiger partial charge in [0.2, 0.25) is 0 Å². The Bertz CT molecular complexity index is 419. The third-order valence-corrected chi connectivity index (χ3v) is 2.31. The van der Waals surface area contributed by atoms with E-state index in [2.05, 4.69) is 20.9 Å². The minimum Gasteiger partial charge on any atom is -0.245 e. The normalized spacial score (nSPS) is 27.7. The summed E-state index contributed by atoms with van der Waals surface area (Å²) in [4.78, 5) is 3.59. The zero-order chi connectivity index (χ0) is 13.6. The number of rotatable bonds is 1. The van der Waals surface area contributed by atoms with E-state index in [1.807, 2.05) is 0 Å². The molecule has 0 atom stereocenters. The smallest absolute Gasteiger partial charge is 0.0937 e. The maximum Gasteiger partial charge on any atom is 0.0937 e. The highest BCUT2D eigenvalue weighted by atomic mass is 79.9. The summed E-state index contributed by atoms with van der Waals surface area (Å²) < 4.78 is 57.8. The quantitative estimate of drug-likeness (QED) is 0.700. The number of thiazole rings is 1. The van der Waals surface area contributed by atoms with E-state index in [1.54, 1.807) is 0 Å². The molecule has 50 valence electrons. The van der Waals surface area contributed by atoms with Crippen LogP contribution in [0.3, 0.4) is 0 Å². The van der Waals surface area contributed by atoms with E-state index >= 15 is 0 Å². The Kier molecular flexibility index (Phi) is 0.636. The fourth-order valence-corrected chi connectivity index (χ4v) is 1.40. The van der Waals surface area contributed by atoms with Crippen molar-refractivity contribution in [1.82, 2.24) is 4.98 Å². The molecular weight excluding hydrogens is 198 g/mol. The monoisotopic (exact) mass is 213 g/mol. The van der Waals surface area contributed by atoms with Crippen molar-refractivity contribution in [3.8, 4) is 0 Å². The van der Waals surface area contributed by atoms with Gasteiger partial charge in [0, 0.05) is 11.0 Å². The second-order valence-electron chi connectivity index (χ2n) is 1.27. The predicted molar refractivity (Wildman–Crippen MR) is 43.9 cm³/mol. The number of aromatic nitrogens is 1. The molecule has 1 heterocycles. The van der Waals surface area contributed by atoms with Gasteiger partial charge in [0.05, 0.1) is 14.5 Å². The Labute approximate surface area is 78.5 Å². The Morgan fingerprint density at radius 3 is 3.44 bits per heavy atom. The number of aryl methyl sites for hydroxylation is 2. The molecule has 0 aliphatic rings. The Balaban J connectivity index is 3.28. The van der Waals surface area contributed by atoms with Crippen molar-refractivity contribution in [2.75, 3.05) is 0 Å². The van der Waals surface area contributed by atoms with E-state index < -0.39 is 20.1 Å². The van der Waals surface area contributed by atoms with Crippen LogP contribution < -0.4 is 0 Å². The highest BCUT2D eigenvalue weighted by molar-refractivity contribution is 9.11. The summed E-state index contributed by atoms with van der Waals surface area (Å²) >= 11 is 3.64. The topological polar surface area (TPSA) is 12.9 Å². The van der Waals surface area contributed by atoms with Crippen LogP contribution in [-0.2, 0) is 6.37 Å². The van der Waals surface area contributed by atoms with Crippen LogP contribution in [0.5, 0.6) is 0 Å². The van der Waals surface area contributed by atoms with E-state index in [1.165, 1.54) is 0 Å². The Morgan fingerprint density at radius 2 is 2.89 bits per heavy atom. The first-order chi connectivity index (χ1) is 7.37. The molecular formula is C6H8BrNS. The lowest BCUT2D eigenvalue weighted by Crippen LogP contribution is -1.75. The molecule has 9 heavy (non-hydrogen) atoms. The van der Waals surface area contributed by atoms with Crippen molar-refractivity contribution in [3.63, 3.8) is 0 Å². The largest absolute Gasteiger partial charge is 0.245 e. The lowest BCUT2D eigenvalue weighted by atomic mass is 10.5. The van der Waals surface area contributed by atoms with E-state index in [0.717, 1.165) is 0 Å². The molecule has 0 saturated carbocycles. The summed E-state index contributed by atoms with van der Waals surface area (Å²) in [5.41, 5.74) is -0.314. The average molecular weight is 214 g/mol. The molecule has 0 aromatic carbocycles. The fraction of sp³-hybridized carbons (Fsp3) is 0.500. The van der Waals surface area contributed by atoms with Crippen molar-refractivity contribution < 1.29 is 11.0 Å². The molecule has 1 rings (SSSR count). The third-order valence-electron chi connectivity index (χ3n) is 0.693. The zero-order valence-electron chi connectivity index (χ0n) is 12.2. The van der Waals surface area contributed by atoms with Gasteiger partial charge < -0.3 is 0 Å². The standard InChI is InChI=1S/C6H8BrNS/c1-3-5-8-4(2)6(7)9-5/h3H2,1-2H3/i1D3,2D3,3D2. The van der Waals surface area contributed by atoms with Gasteiger partial charge in [-0.05, 0) is 29.2 Å². The molecule has 1 aromatic heterocycles. The zero-order valence-corrected chi connectivity index (χ0v) is 6.64. The van der Waals surface area contributed by atoms with E-state index in [4.69, 9.17) is 11.0 Å². The van der Waals surface area contributed by atoms with Crippen LogP contribution in [0.1, 0.15) is 28.5 Å². The predicted octanol–water partition coefficient (Wildman–Crippen LogP) is 2.78. The van der Waals surface area contributed by atoms with Gasteiger partial charge >= 0.3 is 0 Å². The molecule has 0 amide bonds. The highest BCUT2D eigenvalue weighted by Gasteiger charge is 2.00. The van der Waals surface area contributed by atoms with Crippen molar-refractivity contribution in [1.29, 1.82) is 0 Å². The van der Waals surface area contributed by atoms with Crippen LogP contribution >= 0.6 is 27.3 Å². The summed E-state index contributed by atoms with van der Waals surface area (Å²) in [5, 5.41) is -0.365. The summed E-state index contributed by atoms with van der Waals surface area (Å²) in [6.07, 6.45) is -2.66. The van der Waals surface area contributed by atoms with Crippen molar-refractivity contribution >= 4 is 27.3 Å². The molecule has 1 aromatic rings. The molecule has 0 bridgehead atoms. The number of halogens is 1. The summed E-state index contributed by atoms with van der Waals surface area (Å²) in [7, 11) is 0. The van der Waals surface area contributed by atoms with Gasteiger partial charge in [-0.25, -0.2) is 4.98 Å². The minimum absolute atomic E-state index is 0.126. The molecule has 0 spiro atoms. The van der Waals surface area contributed by atoms with Crippen molar-refractivity contribution in [2.45, 2.75) is 20.1 Å². The van der Waals surface area contributed by atoms with Crippen LogP contribution in [-0.4, -0.2) is 4.98 Å². The minimum atomic E-state index is -2.89. The first kappa shape index (κ1) is 2.05.